The smallest absolute Gasteiger partial charge is 0.166 e. The second-order valence-corrected chi connectivity index (χ2v) is 6.39. The molecule has 24 heavy (non-hydrogen) atoms. The Bertz CT molecular complexity index is 889. The average molecular weight is 326 g/mol. The zero-order valence-corrected chi connectivity index (χ0v) is 13.2. The first-order valence-electron chi connectivity index (χ1n) is 8.25. The molecule has 1 aliphatic carbocycles. The molecule has 0 aromatic heterocycles. The first-order chi connectivity index (χ1) is 11.5. The van der Waals surface area contributed by atoms with E-state index in [0.717, 1.165) is 41.2 Å². The van der Waals surface area contributed by atoms with Crippen LogP contribution in [0.25, 0.3) is 21.9 Å². The van der Waals surface area contributed by atoms with Crippen molar-refractivity contribution in [1.29, 1.82) is 0 Å². The average Bonchev–Trinajstić information content (AvgIpc) is 2.59. The molecule has 0 fully saturated rings. The van der Waals surface area contributed by atoms with Gasteiger partial charge in [-0.3, -0.25) is 0 Å². The molecule has 0 atom stereocenters. The van der Waals surface area contributed by atoms with Crippen molar-refractivity contribution in [3.05, 3.63) is 71.3 Å². The van der Waals surface area contributed by atoms with Gasteiger partial charge in [-0.05, 0) is 70.8 Å². The quantitative estimate of drug-likeness (QED) is 0.485. The van der Waals surface area contributed by atoms with E-state index in [1.54, 1.807) is 12.1 Å². The third-order valence-corrected chi connectivity index (χ3v) is 4.87. The molecule has 1 aliphatic rings. The molecule has 0 radical (unpaired) electrons. The van der Waals surface area contributed by atoms with Crippen LogP contribution in [-0.2, 0) is 19.0 Å². The molecule has 0 nitrogen and oxygen atoms in total. The maximum atomic E-state index is 12.8. The summed E-state index contributed by atoms with van der Waals surface area (Å²) < 4.78 is 38.5. The molecule has 0 aliphatic heterocycles. The second kappa shape index (κ2) is 5.66. The molecule has 0 spiro atoms. The SMILES string of the molecule is FC(F)(F)c1ccc(-c2c3c(cc4ccccc24)CCCC3)cc1. The largest absolute Gasteiger partial charge is 0.416 e. The zero-order valence-electron chi connectivity index (χ0n) is 13.2. The Hall–Kier alpha value is -2.29. The van der Waals surface area contributed by atoms with Gasteiger partial charge >= 0.3 is 6.18 Å². The highest BCUT2D eigenvalue weighted by Crippen LogP contribution is 2.39. The molecule has 0 N–H and O–H groups in total. The topological polar surface area (TPSA) is 0 Å². The fourth-order valence-electron chi connectivity index (χ4n) is 3.73. The van der Waals surface area contributed by atoms with Gasteiger partial charge in [0.1, 0.15) is 0 Å². The summed E-state index contributed by atoms with van der Waals surface area (Å²) in [5.74, 6) is 0. The Kier molecular flexibility index (Phi) is 3.60. The standard InChI is InChI=1S/C21H17F3/c22-21(23,24)17-11-9-14(10-12-17)20-18-7-3-1-5-15(18)13-16-6-2-4-8-19(16)20/h1,3,5,7,9-13H,2,4,6,8H2. The molecule has 0 saturated carbocycles. The predicted octanol–water partition coefficient (Wildman–Crippen LogP) is 6.40. The van der Waals surface area contributed by atoms with Crippen LogP contribution < -0.4 is 0 Å². The van der Waals surface area contributed by atoms with Gasteiger partial charge in [0.15, 0.2) is 0 Å². The third kappa shape index (κ3) is 2.58. The Morgan fingerprint density at radius 2 is 1.50 bits per heavy atom. The van der Waals surface area contributed by atoms with Gasteiger partial charge in [-0.2, -0.15) is 13.2 Å². The van der Waals surface area contributed by atoms with Crippen molar-refractivity contribution in [2.75, 3.05) is 0 Å². The summed E-state index contributed by atoms with van der Waals surface area (Å²) in [5, 5.41) is 2.28. The molecule has 0 bridgehead atoms. The monoisotopic (exact) mass is 326 g/mol. The van der Waals surface area contributed by atoms with Gasteiger partial charge in [-0.25, -0.2) is 0 Å². The van der Waals surface area contributed by atoms with Gasteiger partial charge in [0.05, 0.1) is 5.56 Å². The van der Waals surface area contributed by atoms with E-state index in [0.29, 0.717) is 0 Å². The van der Waals surface area contributed by atoms with E-state index in [4.69, 9.17) is 0 Å². The van der Waals surface area contributed by atoms with Crippen molar-refractivity contribution < 1.29 is 13.2 Å². The van der Waals surface area contributed by atoms with Crippen LogP contribution >= 0.6 is 0 Å². The lowest BCUT2D eigenvalue weighted by Gasteiger charge is -2.22. The van der Waals surface area contributed by atoms with E-state index in [-0.39, 0.29) is 0 Å². The highest BCUT2D eigenvalue weighted by molar-refractivity contribution is 5.99. The van der Waals surface area contributed by atoms with Crippen LogP contribution in [0.3, 0.4) is 0 Å². The lowest BCUT2D eigenvalue weighted by Crippen LogP contribution is -2.06. The van der Waals surface area contributed by atoms with E-state index in [9.17, 15) is 13.2 Å². The van der Waals surface area contributed by atoms with Crippen LogP contribution in [0.4, 0.5) is 13.2 Å². The van der Waals surface area contributed by atoms with E-state index in [1.807, 2.05) is 12.1 Å². The molecule has 3 aromatic carbocycles. The van der Waals surface area contributed by atoms with Gasteiger partial charge in [-0.15, -0.1) is 0 Å². The summed E-state index contributed by atoms with van der Waals surface area (Å²) in [6.45, 7) is 0. The van der Waals surface area contributed by atoms with Crippen molar-refractivity contribution in [3.8, 4) is 11.1 Å². The van der Waals surface area contributed by atoms with E-state index < -0.39 is 11.7 Å². The van der Waals surface area contributed by atoms with E-state index in [1.165, 1.54) is 29.7 Å². The van der Waals surface area contributed by atoms with Gasteiger partial charge in [0, 0.05) is 0 Å². The van der Waals surface area contributed by atoms with E-state index in [2.05, 4.69) is 18.2 Å². The maximum absolute atomic E-state index is 12.8. The predicted molar refractivity (Wildman–Crippen MR) is 91.0 cm³/mol. The molecular formula is C21H17F3. The van der Waals surface area contributed by atoms with E-state index >= 15 is 0 Å². The van der Waals surface area contributed by atoms with Gasteiger partial charge in [0.2, 0.25) is 0 Å². The van der Waals surface area contributed by atoms with Gasteiger partial charge in [0.25, 0.3) is 0 Å². The summed E-state index contributed by atoms with van der Waals surface area (Å²) in [5.41, 5.74) is 4.03. The zero-order chi connectivity index (χ0) is 16.7. The number of aryl methyl sites for hydroxylation is 1. The lowest BCUT2D eigenvalue weighted by atomic mass is 9.82. The number of hydrogen-bond donors (Lipinski definition) is 0. The number of alkyl halides is 3. The molecule has 0 saturated heterocycles. The molecule has 0 unspecified atom stereocenters. The fraction of sp³-hybridized carbons (Fsp3) is 0.238. The molecule has 3 aromatic rings. The van der Waals surface area contributed by atoms with Crippen LogP contribution in [-0.4, -0.2) is 0 Å². The van der Waals surface area contributed by atoms with Crippen LogP contribution in [0.2, 0.25) is 0 Å². The van der Waals surface area contributed by atoms with Crippen molar-refractivity contribution in [2.45, 2.75) is 31.9 Å². The van der Waals surface area contributed by atoms with Crippen LogP contribution in [0.15, 0.2) is 54.6 Å². The Morgan fingerprint density at radius 1 is 0.792 bits per heavy atom. The maximum Gasteiger partial charge on any atom is 0.416 e. The number of fused-ring (bicyclic) bond motifs is 2. The molecule has 122 valence electrons. The van der Waals surface area contributed by atoms with Crippen molar-refractivity contribution >= 4 is 10.8 Å². The summed E-state index contributed by atoms with van der Waals surface area (Å²) in [4.78, 5) is 0. The lowest BCUT2D eigenvalue weighted by molar-refractivity contribution is -0.137. The normalized spacial score (nSPS) is 14.6. The second-order valence-electron chi connectivity index (χ2n) is 6.39. The van der Waals surface area contributed by atoms with Gasteiger partial charge < -0.3 is 0 Å². The number of halogens is 3. The van der Waals surface area contributed by atoms with Crippen LogP contribution in [0.5, 0.6) is 0 Å². The number of rotatable bonds is 1. The van der Waals surface area contributed by atoms with Crippen molar-refractivity contribution in [2.24, 2.45) is 0 Å². The summed E-state index contributed by atoms with van der Waals surface area (Å²) >= 11 is 0. The highest BCUT2D eigenvalue weighted by atomic mass is 19.4. The molecule has 3 heteroatoms. The Morgan fingerprint density at radius 3 is 2.25 bits per heavy atom. The van der Waals surface area contributed by atoms with Crippen LogP contribution in [0, 0.1) is 0 Å². The number of hydrogen-bond acceptors (Lipinski definition) is 0. The summed E-state index contributed by atoms with van der Waals surface area (Å²) in [6, 6.07) is 16.0. The highest BCUT2D eigenvalue weighted by Gasteiger charge is 2.30. The van der Waals surface area contributed by atoms with Gasteiger partial charge in [-0.1, -0.05) is 42.5 Å². The first kappa shape index (κ1) is 15.3. The van der Waals surface area contributed by atoms with Crippen molar-refractivity contribution in [1.82, 2.24) is 0 Å². The molecule has 4 rings (SSSR count). The minimum absolute atomic E-state index is 0.597. The number of benzene rings is 3. The molecular weight excluding hydrogens is 309 g/mol. The Labute approximate surface area is 138 Å². The minimum Gasteiger partial charge on any atom is -0.166 e. The minimum atomic E-state index is -4.29. The first-order valence-corrected chi connectivity index (χ1v) is 8.25. The van der Waals surface area contributed by atoms with Crippen molar-refractivity contribution in [3.63, 3.8) is 0 Å². The summed E-state index contributed by atoms with van der Waals surface area (Å²) in [7, 11) is 0. The third-order valence-electron chi connectivity index (χ3n) is 4.87. The Balaban J connectivity index is 1.95. The summed E-state index contributed by atoms with van der Waals surface area (Å²) in [6.07, 6.45) is 0.0673. The fourth-order valence-corrected chi connectivity index (χ4v) is 3.73. The molecule has 0 amide bonds. The van der Waals surface area contributed by atoms with Crippen LogP contribution in [0.1, 0.15) is 29.5 Å². The molecule has 0 heterocycles.